The summed E-state index contributed by atoms with van der Waals surface area (Å²) in [6, 6.07) is 6.76. The van der Waals surface area contributed by atoms with E-state index in [2.05, 4.69) is 10.6 Å². The molecule has 1 aliphatic carbocycles. The molecule has 0 heterocycles. The van der Waals surface area contributed by atoms with E-state index in [1.165, 1.54) is 0 Å². The van der Waals surface area contributed by atoms with Crippen molar-refractivity contribution in [3.63, 3.8) is 0 Å². The second kappa shape index (κ2) is 8.47. The summed E-state index contributed by atoms with van der Waals surface area (Å²) in [5.74, 6) is -1.41. The van der Waals surface area contributed by atoms with Gasteiger partial charge in [-0.05, 0) is 44.9 Å². The van der Waals surface area contributed by atoms with Crippen molar-refractivity contribution in [2.24, 2.45) is 0 Å². The van der Waals surface area contributed by atoms with Crippen LogP contribution < -0.4 is 10.6 Å². The van der Waals surface area contributed by atoms with Crippen molar-refractivity contribution < 1.29 is 14.4 Å². The molecule has 1 aromatic carbocycles. The molecule has 1 aromatic rings. The van der Waals surface area contributed by atoms with Gasteiger partial charge in [-0.1, -0.05) is 18.9 Å². The third kappa shape index (κ3) is 4.57. The van der Waals surface area contributed by atoms with Crippen LogP contribution in [0, 0.1) is 0 Å². The molecule has 2 N–H and O–H groups in total. The average molecular weight is 331 g/mol. The SMILES string of the molecule is CCN(CC)C(=O)c1cccc(NC(=O)C(=O)NC2CCCC2)c1. The number of rotatable bonds is 5. The first kappa shape index (κ1) is 18.0. The lowest BCUT2D eigenvalue weighted by Crippen LogP contribution is -2.40. The molecule has 1 aliphatic rings. The molecule has 0 bridgehead atoms. The van der Waals surface area contributed by atoms with Crippen LogP contribution in [0.1, 0.15) is 49.9 Å². The maximum Gasteiger partial charge on any atom is 0.313 e. The summed E-state index contributed by atoms with van der Waals surface area (Å²) < 4.78 is 0. The molecule has 3 amide bonds. The molecule has 0 radical (unpaired) electrons. The maximum atomic E-state index is 12.3. The lowest BCUT2D eigenvalue weighted by molar-refractivity contribution is -0.136. The lowest BCUT2D eigenvalue weighted by Gasteiger charge is -2.19. The van der Waals surface area contributed by atoms with Gasteiger partial charge in [0.2, 0.25) is 0 Å². The number of hydrogen-bond donors (Lipinski definition) is 2. The van der Waals surface area contributed by atoms with Gasteiger partial charge < -0.3 is 15.5 Å². The molecule has 0 unspecified atom stereocenters. The van der Waals surface area contributed by atoms with E-state index in [4.69, 9.17) is 0 Å². The van der Waals surface area contributed by atoms with Gasteiger partial charge in [0.1, 0.15) is 0 Å². The third-order valence-corrected chi connectivity index (χ3v) is 4.31. The quantitative estimate of drug-likeness (QED) is 0.812. The topological polar surface area (TPSA) is 78.5 Å². The minimum absolute atomic E-state index is 0.0912. The first-order valence-corrected chi connectivity index (χ1v) is 8.56. The molecule has 6 nitrogen and oxygen atoms in total. The minimum Gasteiger partial charge on any atom is -0.345 e. The summed E-state index contributed by atoms with van der Waals surface area (Å²) in [7, 11) is 0. The van der Waals surface area contributed by atoms with Crippen molar-refractivity contribution >= 4 is 23.4 Å². The third-order valence-electron chi connectivity index (χ3n) is 4.31. The molecule has 2 rings (SSSR count). The molecule has 0 saturated heterocycles. The van der Waals surface area contributed by atoms with Crippen molar-refractivity contribution in [2.75, 3.05) is 18.4 Å². The van der Waals surface area contributed by atoms with Gasteiger partial charge in [-0.2, -0.15) is 0 Å². The van der Waals surface area contributed by atoms with Crippen LogP contribution in [-0.2, 0) is 9.59 Å². The maximum absolute atomic E-state index is 12.3. The Hall–Kier alpha value is -2.37. The van der Waals surface area contributed by atoms with Crippen LogP contribution in [0.5, 0.6) is 0 Å². The van der Waals surface area contributed by atoms with Crippen LogP contribution in [0.2, 0.25) is 0 Å². The zero-order valence-electron chi connectivity index (χ0n) is 14.3. The zero-order chi connectivity index (χ0) is 17.5. The van der Waals surface area contributed by atoms with Crippen molar-refractivity contribution in [1.82, 2.24) is 10.2 Å². The van der Waals surface area contributed by atoms with Gasteiger partial charge in [-0.25, -0.2) is 0 Å². The molecule has 0 aliphatic heterocycles. The van der Waals surface area contributed by atoms with Gasteiger partial charge in [0.25, 0.3) is 5.91 Å². The highest BCUT2D eigenvalue weighted by atomic mass is 16.2. The van der Waals surface area contributed by atoms with Gasteiger partial charge in [-0.3, -0.25) is 14.4 Å². The molecular weight excluding hydrogens is 306 g/mol. The number of carbonyl (C=O) groups excluding carboxylic acids is 3. The largest absolute Gasteiger partial charge is 0.345 e. The standard InChI is InChI=1S/C18H25N3O3/c1-3-21(4-2)18(24)13-8-7-11-15(12-13)20-17(23)16(22)19-14-9-5-6-10-14/h7-8,11-12,14H,3-6,9-10H2,1-2H3,(H,19,22)(H,20,23). The molecule has 24 heavy (non-hydrogen) atoms. The summed E-state index contributed by atoms with van der Waals surface area (Å²) >= 11 is 0. The number of benzene rings is 1. The Labute approximate surface area is 142 Å². The minimum atomic E-state index is -0.700. The molecule has 130 valence electrons. The molecule has 1 saturated carbocycles. The van der Waals surface area contributed by atoms with E-state index in [1.807, 2.05) is 13.8 Å². The Morgan fingerprint density at radius 2 is 1.75 bits per heavy atom. The lowest BCUT2D eigenvalue weighted by atomic mass is 10.1. The van der Waals surface area contributed by atoms with E-state index in [-0.39, 0.29) is 11.9 Å². The van der Waals surface area contributed by atoms with E-state index in [0.29, 0.717) is 24.3 Å². The Morgan fingerprint density at radius 3 is 2.38 bits per heavy atom. The van der Waals surface area contributed by atoms with Gasteiger partial charge >= 0.3 is 11.8 Å². The van der Waals surface area contributed by atoms with E-state index >= 15 is 0 Å². The Kier molecular flexibility index (Phi) is 6.35. The average Bonchev–Trinajstić information content (AvgIpc) is 3.09. The Bertz CT molecular complexity index is 605. The van der Waals surface area contributed by atoms with Crippen molar-refractivity contribution in [1.29, 1.82) is 0 Å². The Morgan fingerprint density at radius 1 is 1.08 bits per heavy atom. The number of nitrogens with one attached hydrogen (secondary N) is 2. The first-order chi connectivity index (χ1) is 11.5. The van der Waals surface area contributed by atoms with Crippen LogP contribution in [-0.4, -0.2) is 41.8 Å². The highest BCUT2D eigenvalue weighted by Crippen LogP contribution is 2.17. The zero-order valence-corrected chi connectivity index (χ0v) is 14.3. The number of hydrogen-bond acceptors (Lipinski definition) is 3. The van der Waals surface area contributed by atoms with E-state index < -0.39 is 11.8 Å². The highest BCUT2D eigenvalue weighted by molar-refractivity contribution is 6.39. The van der Waals surface area contributed by atoms with Crippen molar-refractivity contribution in [3.05, 3.63) is 29.8 Å². The number of anilines is 1. The van der Waals surface area contributed by atoms with Crippen LogP contribution in [0.15, 0.2) is 24.3 Å². The summed E-state index contributed by atoms with van der Waals surface area (Å²) in [6.45, 7) is 5.08. The van der Waals surface area contributed by atoms with Crippen molar-refractivity contribution in [2.45, 2.75) is 45.6 Å². The fourth-order valence-electron chi connectivity index (χ4n) is 2.93. The van der Waals surface area contributed by atoms with E-state index in [1.54, 1.807) is 29.2 Å². The Balaban J connectivity index is 1.99. The van der Waals surface area contributed by atoms with Gasteiger partial charge in [-0.15, -0.1) is 0 Å². The summed E-state index contributed by atoms with van der Waals surface area (Å²) in [5.41, 5.74) is 0.937. The predicted molar refractivity (Wildman–Crippen MR) is 92.7 cm³/mol. The first-order valence-electron chi connectivity index (χ1n) is 8.56. The number of carbonyl (C=O) groups is 3. The molecule has 0 spiro atoms. The second-order valence-corrected chi connectivity index (χ2v) is 5.97. The van der Waals surface area contributed by atoms with Crippen molar-refractivity contribution in [3.8, 4) is 0 Å². The second-order valence-electron chi connectivity index (χ2n) is 5.97. The summed E-state index contributed by atoms with van der Waals surface area (Å²) in [6.07, 6.45) is 4.02. The normalized spacial score (nSPS) is 14.2. The summed E-state index contributed by atoms with van der Waals surface area (Å²) in [4.78, 5) is 38.0. The molecule has 1 fully saturated rings. The van der Waals surface area contributed by atoms with Gasteiger partial charge in [0.15, 0.2) is 0 Å². The fourth-order valence-corrected chi connectivity index (χ4v) is 2.93. The van der Waals surface area contributed by atoms with Gasteiger partial charge in [0, 0.05) is 30.4 Å². The monoisotopic (exact) mass is 331 g/mol. The molecule has 6 heteroatoms. The number of amides is 3. The van der Waals surface area contributed by atoms with Gasteiger partial charge in [0.05, 0.1) is 0 Å². The molecule has 0 atom stereocenters. The number of nitrogens with zero attached hydrogens (tertiary/aromatic N) is 1. The highest BCUT2D eigenvalue weighted by Gasteiger charge is 2.21. The molecule has 0 aromatic heterocycles. The smallest absolute Gasteiger partial charge is 0.313 e. The van der Waals surface area contributed by atoms with Crippen LogP contribution in [0.4, 0.5) is 5.69 Å². The fraction of sp³-hybridized carbons (Fsp3) is 0.500. The molecular formula is C18H25N3O3. The van der Waals surface area contributed by atoms with Crippen LogP contribution >= 0.6 is 0 Å². The van der Waals surface area contributed by atoms with E-state index in [0.717, 1.165) is 25.7 Å². The van der Waals surface area contributed by atoms with Crippen LogP contribution in [0.25, 0.3) is 0 Å². The van der Waals surface area contributed by atoms with E-state index in [9.17, 15) is 14.4 Å². The van der Waals surface area contributed by atoms with Crippen LogP contribution in [0.3, 0.4) is 0 Å². The predicted octanol–water partition coefficient (Wildman–Crippen LogP) is 2.17. The summed E-state index contributed by atoms with van der Waals surface area (Å²) in [5, 5.41) is 5.31.